The number of alkyl halides is 3. The van der Waals surface area contributed by atoms with Gasteiger partial charge in [-0.3, -0.25) is 14.9 Å². The van der Waals surface area contributed by atoms with E-state index in [1.165, 1.54) is 19.1 Å². The molecule has 148 valence electrons. The second-order valence-electron chi connectivity index (χ2n) is 6.72. The molecule has 27 heavy (non-hydrogen) atoms. The Hall–Kier alpha value is -2.20. The highest BCUT2D eigenvalue weighted by atomic mass is 19.4. The summed E-state index contributed by atoms with van der Waals surface area (Å²) in [6, 6.07) is 3.65. The van der Waals surface area contributed by atoms with Gasteiger partial charge in [0.15, 0.2) is 0 Å². The van der Waals surface area contributed by atoms with E-state index in [2.05, 4.69) is 10.6 Å². The summed E-state index contributed by atoms with van der Waals surface area (Å²) in [5.41, 5.74) is -0.801. The molecule has 1 heterocycles. The minimum Gasteiger partial charge on any atom is -0.358 e. The normalized spacial score (nSPS) is 22.2. The van der Waals surface area contributed by atoms with Crippen LogP contribution in [0.15, 0.2) is 18.2 Å². The second kappa shape index (κ2) is 7.08. The molecule has 2 aliphatic rings. The van der Waals surface area contributed by atoms with Crippen LogP contribution < -0.4 is 16.0 Å². The monoisotopic (exact) mass is 389 g/mol. The van der Waals surface area contributed by atoms with E-state index >= 15 is 0 Å². The maximum atomic E-state index is 14.4. The number of hydrogen-bond donors (Lipinski definition) is 3. The van der Waals surface area contributed by atoms with Gasteiger partial charge in [-0.2, -0.15) is 13.2 Å². The standard InChI is InChI=1S/C17H19F4N3O3/c1-9(11-3-2-10(8-12(11)18)13-22-6-7-27-13)23-14(25)16(4-5-16)24-15(26)17(19,20)21/h2-3,8-9,13,22H,4-7H2,1H3,(H,23,25)(H,24,26)/t9-,13?/m1/s1. The van der Waals surface area contributed by atoms with Crippen molar-refractivity contribution in [1.29, 1.82) is 0 Å². The predicted molar refractivity (Wildman–Crippen MR) is 85.8 cm³/mol. The molecule has 10 heteroatoms. The first kappa shape index (κ1) is 19.6. The van der Waals surface area contributed by atoms with Crippen LogP contribution >= 0.6 is 0 Å². The zero-order valence-corrected chi connectivity index (χ0v) is 14.5. The van der Waals surface area contributed by atoms with Gasteiger partial charge in [-0.25, -0.2) is 4.39 Å². The molecule has 1 aromatic carbocycles. The van der Waals surface area contributed by atoms with E-state index in [4.69, 9.17) is 4.74 Å². The van der Waals surface area contributed by atoms with Gasteiger partial charge in [0, 0.05) is 12.1 Å². The average Bonchev–Trinajstić information content (AvgIpc) is 3.16. The van der Waals surface area contributed by atoms with Crippen molar-refractivity contribution >= 4 is 11.8 Å². The number of halogens is 4. The summed E-state index contributed by atoms with van der Waals surface area (Å²) in [6.45, 7) is 2.69. The van der Waals surface area contributed by atoms with Crippen LogP contribution in [-0.4, -0.2) is 36.7 Å². The van der Waals surface area contributed by atoms with Crippen LogP contribution in [0.4, 0.5) is 17.6 Å². The minimum absolute atomic E-state index is 0.0967. The van der Waals surface area contributed by atoms with Gasteiger partial charge in [-0.15, -0.1) is 0 Å². The second-order valence-corrected chi connectivity index (χ2v) is 6.72. The van der Waals surface area contributed by atoms with Crippen molar-refractivity contribution in [2.45, 2.75) is 43.8 Å². The van der Waals surface area contributed by atoms with Gasteiger partial charge in [-0.05, 0) is 31.4 Å². The highest BCUT2D eigenvalue weighted by Gasteiger charge is 2.55. The zero-order chi connectivity index (χ0) is 19.8. The number of nitrogens with one attached hydrogen (secondary N) is 3. The topological polar surface area (TPSA) is 79.5 Å². The summed E-state index contributed by atoms with van der Waals surface area (Å²) < 4.78 is 57.1. The Morgan fingerprint density at radius 1 is 1.33 bits per heavy atom. The van der Waals surface area contributed by atoms with E-state index in [1.54, 1.807) is 11.4 Å². The number of carbonyl (C=O) groups is 2. The Morgan fingerprint density at radius 3 is 2.56 bits per heavy atom. The zero-order valence-electron chi connectivity index (χ0n) is 14.5. The summed E-state index contributed by atoms with van der Waals surface area (Å²) in [7, 11) is 0. The van der Waals surface area contributed by atoms with Crippen molar-refractivity contribution in [2.24, 2.45) is 0 Å². The van der Waals surface area contributed by atoms with E-state index < -0.39 is 41.6 Å². The Labute approximate surface area is 152 Å². The molecule has 0 spiro atoms. The summed E-state index contributed by atoms with van der Waals surface area (Å²) in [4.78, 5) is 23.4. The number of hydrogen-bond acceptors (Lipinski definition) is 4. The molecule has 1 unspecified atom stereocenters. The molecule has 0 aromatic heterocycles. The summed E-state index contributed by atoms with van der Waals surface area (Å²) in [6.07, 6.45) is -5.27. The third-order valence-corrected chi connectivity index (χ3v) is 4.65. The first-order chi connectivity index (χ1) is 12.6. The fraction of sp³-hybridized carbons (Fsp3) is 0.529. The van der Waals surface area contributed by atoms with Gasteiger partial charge < -0.3 is 15.4 Å². The molecule has 2 amide bonds. The predicted octanol–water partition coefficient (Wildman–Crippen LogP) is 1.83. The van der Waals surface area contributed by atoms with Crippen LogP contribution in [0.3, 0.4) is 0 Å². The lowest BCUT2D eigenvalue weighted by Gasteiger charge is -2.22. The molecule has 1 saturated carbocycles. The highest BCUT2D eigenvalue weighted by molar-refractivity contribution is 5.95. The Kier molecular flexibility index (Phi) is 5.13. The molecule has 0 bridgehead atoms. The molecular weight excluding hydrogens is 370 g/mol. The van der Waals surface area contributed by atoms with Gasteiger partial charge >= 0.3 is 12.1 Å². The number of carbonyl (C=O) groups excluding carboxylic acids is 2. The van der Waals surface area contributed by atoms with Crippen LogP contribution in [0.25, 0.3) is 0 Å². The fourth-order valence-corrected chi connectivity index (χ4v) is 2.93. The van der Waals surface area contributed by atoms with Crippen LogP contribution in [0, 0.1) is 5.82 Å². The largest absolute Gasteiger partial charge is 0.471 e. The maximum absolute atomic E-state index is 14.4. The molecule has 1 saturated heterocycles. The Morgan fingerprint density at radius 2 is 2.04 bits per heavy atom. The maximum Gasteiger partial charge on any atom is 0.471 e. The van der Waals surface area contributed by atoms with Crippen LogP contribution in [-0.2, 0) is 14.3 Å². The Bertz CT molecular complexity index is 743. The van der Waals surface area contributed by atoms with Gasteiger partial charge in [0.25, 0.3) is 0 Å². The molecule has 3 rings (SSSR count). The van der Waals surface area contributed by atoms with E-state index in [0.717, 1.165) is 0 Å². The summed E-state index contributed by atoms with van der Waals surface area (Å²) in [5.74, 6) is -3.50. The lowest BCUT2D eigenvalue weighted by atomic mass is 10.0. The van der Waals surface area contributed by atoms with Crippen molar-refractivity contribution < 1.29 is 31.9 Å². The Balaban J connectivity index is 1.65. The molecule has 6 nitrogen and oxygen atoms in total. The SMILES string of the molecule is C[C@@H](NC(=O)C1(NC(=O)C(F)(F)F)CC1)c1ccc(C2NCCO2)cc1F. The first-order valence-electron chi connectivity index (χ1n) is 8.47. The third-order valence-electron chi connectivity index (χ3n) is 4.65. The summed E-state index contributed by atoms with van der Waals surface area (Å²) in [5, 5.41) is 7.26. The van der Waals surface area contributed by atoms with Crippen molar-refractivity contribution in [3.8, 4) is 0 Å². The van der Waals surface area contributed by atoms with Crippen molar-refractivity contribution in [3.63, 3.8) is 0 Å². The van der Waals surface area contributed by atoms with Crippen molar-refractivity contribution in [2.75, 3.05) is 13.2 Å². The van der Waals surface area contributed by atoms with Crippen LogP contribution in [0.5, 0.6) is 0 Å². The van der Waals surface area contributed by atoms with E-state index in [9.17, 15) is 27.2 Å². The van der Waals surface area contributed by atoms with Crippen molar-refractivity contribution in [1.82, 2.24) is 16.0 Å². The van der Waals surface area contributed by atoms with E-state index in [-0.39, 0.29) is 18.4 Å². The molecule has 2 atom stereocenters. The number of rotatable bonds is 5. The average molecular weight is 389 g/mol. The van der Waals surface area contributed by atoms with Gasteiger partial charge in [0.2, 0.25) is 5.91 Å². The van der Waals surface area contributed by atoms with E-state index in [1.807, 2.05) is 0 Å². The van der Waals surface area contributed by atoms with Crippen molar-refractivity contribution in [3.05, 3.63) is 35.1 Å². The lowest BCUT2D eigenvalue weighted by molar-refractivity contribution is -0.175. The third kappa shape index (κ3) is 4.22. The molecule has 3 N–H and O–H groups in total. The number of benzene rings is 1. The van der Waals surface area contributed by atoms with Crippen LogP contribution in [0.2, 0.25) is 0 Å². The molecule has 0 radical (unpaired) electrons. The molecule has 1 aliphatic heterocycles. The molecular formula is C17H19F4N3O3. The lowest BCUT2D eigenvalue weighted by Crippen LogP contribution is -2.53. The summed E-state index contributed by atoms with van der Waals surface area (Å²) >= 11 is 0. The molecule has 1 aromatic rings. The van der Waals surface area contributed by atoms with Gasteiger partial charge in [0.05, 0.1) is 12.6 Å². The minimum atomic E-state index is -5.07. The smallest absolute Gasteiger partial charge is 0.358 e. The quantitative estimate of drug-likeness (QED) is 0.672. The van der Waals surface area contributed by atoms with Crippen LogP contribution in [0.1, 0.15) is 43.2 Å². The fourth-order valence-electron chi connectivity index (χ4n) is 2.93. The number of amides is 2. The molecule has 2 fully saturated rings. The highest BCUT2D eigenvalue weighted by Crippen LogP contribution is 2.37. The first-order valence-corrected chi connectivity index (χ1v) is 8.47. The van der Waals surface area contributed by atoms with Gasteiger partial charge in [0.1, 0.15) is 17.6 Å². The van der Waals surface area contributed by atoms with Gasteiger partial charge in [-0.1, -0.05) is 12.1 Å². The van der Waals surface area contributed by atoms with E-state index in [0.29, 0.717) is 18.7 Å². The number of ether oxygens (including phenoxy) is 1. The molecule has 1 aliphatic carbocycles.